The van der Waals surface area contributed by atoms with Crippen LogP contribution in [0.3, 0.4) is 0 Å². The van der Waals surface area contributed by atoms with Crippen molar-refractivity contribution in [3.8, 4) is 0 Å². The normalized spacial score (nSPS) is 14.4. The van der Waals surface area contributed by atoms with Crippen LogP contribution in [0.15, 0.2) is 88.7 Å². The van der Waals surface area contributed by atoms with Crippen LogP contribution in [-0.2, 0) is 16.0 Å². The lowest BCUT2D eigenvalue weighted by Crippen LogP contribution is -2.43. The molecule has 0 aromatic heterocycles. The summed E-state index contributed by atoms with van der Waals surface area (Å²) in [6.07, 6.45) is 2.58. The Labute approximate surface area is 190 Å². The van der Waals surface area contributed by atoms with E-state index in [0.717, 1.165) is 28.1 Å². The van der Waals surface area contributed by atoms with Gasteiger partial charge in [-0.05, 0) is 47.9 Å². The molecule has 4 rings (SSSR count). The van der Waals surface area contributed by atoms with Crippen molar-refractivity contribution >= 4 is 46.9 Å². The van der Waals surface area contributed by atoms with E-state index < -0.39 is 0 Å². The highest BCUT2D eigenvalue weighted by Crippen LogP contribution is 2.41. The third-order valence-electron chi connectivity index (χ3n) is 4.88. The Bertz CT molecular complexity index is 1110. The van der Waals surface area contributed by atoms with Gasteiger partial charge in [-0.2, -0.15) is 0 Å². The lowest BCUT2D eigenvalue weighted by molar-refractivity contribution is -0.122. The summed E-state index contributed by atoms with van der Waals surface area (Å²) in [5.74, 6) is -0.367. The number of carbonyl (C=O) groups excluding carboxylic acids is 2. The molecule has 0 aliphatic carbocycles. The maximum Gasteiger partial charge on any atom is 0.265 e. The van der Waals surface area contributed by atoms with Gasteiger partial charge in [0.1, 0.15) is 6.54 Å². The molecule has 1 aliphatic rings. The molecule has 3 aromatic rings. The molecule has 1 aliphatic heterocycles. The van der Waals surface area contributed by atoms with Crippen LogP contribution < -0.4 is 10.2 Å². The van der Waals surface area contributed by atoms with Gasteiger partial charge < -0.3 is 5.32 Å². The first kappa shape index (κ1) is 21.2. The van der Waals surface area contributed by atoms with Gasteiger partial charge in [-0.25, -0.2) is 0 Å². The molecule has 0 unspecified atom stereocenters. The zero-order valence-corrected chi connectivity index (χ0v) is 18.3. The lowest BCUT2D eigenvalue weighted by Gasteiger charge is -2.29. The molecular weight excluding hydrogens is 428 g/mol. The van der Waals surface area contributed by atoms with E-state index in [4.69, 9.17) is 11.6 Å². The molecule has 0 atom stereocenters. The number of nitrogens with one attached hydrogen (secondary N) is 1. The van der Waals surface area contributed by atoms with Crippen LogP contribution in [-0.4, -0.2) is 24.9 Å². The van der Waals surface area contributed by atoms with E-state index in [2.05, 4.69) is 5.32 Å². The second-order valence-corrected chi connectivity index (χ2v) is 8.63. The van der Waals surface area contributed by atoms with E-state index in [1.807, 2.05) is 72.8 Å². The average molecular weight is 449 g/mol. The van der Waals surface area contributed by atoms with E-state index in [1.165, 1.54) is 11.8 Å². The van der Waals surface area contributed by atoms with Gasteiger partial charge in [0.2, 0.25) is 5.91 Å². The molecule has 2 amide bonds. The van der Waals surface area contributed by atoms with Crippen LogP contribution in [0.2, 0.25) is 5.02 Å². The minimum atomic E-state index is -0.183. The smallest absolute Gasteiger partial charge is 0.265 e. The van der Waals surface area contributed by atoms with Crippen molar-refractivity contribution in [2.24, 2.45) is 0 Å². The fourth-order valence-corrected chi connectivity index (χ4v) is 4.50. The molecular formula is C25H21ClN2O2S. The highest BCUT2D eigenvalue weighted by Gasteiger charge is 2.30. The SMILES string of the molecule is O=C(CN1C(=O)/C(=C/c2ccc(Cl)cc2)Sc2ccccc21)NCCc1ccccc1. The number of hydrogen-bond donors (Lipinski definition) is 1. The second-order valence-electron chi connectivity index (χ2n) is 7.11. The molecule has 1 N–H and O–H groups in total. The maximum absolute atomic E-state index is 13.2. The minimum Gasteiger partial charge on any atom is -0.354 e. The van der Waals surface area contributed by atoms with Crippen LogP contribution in [0.4, 0.5) is 5.69 Å². The summed E-state index contributed by atoms with van der Waals surface area (Å²) in [5, 5.41) is 3.57. The molecule has 6 heteroatoms. The number of thioether (sulfide) groups is 1. The van der Waals surface area contributed by atoms with Crippen LogP contribution in [0, 0.1) is 0 Å². The topological polar surface area (TPSA) is 49.4 Å². The molecule has 31 heavy (non-hydrogen) atoms. The van der Waals surface area contributed by atoms with Crippen LogP contribution in [0.25, 0.3) is 6.08 Å². The van der Waals surface area contributed by atoms with E-state index in [-0.39, 0.29) is 18.4 Å². The van der Waals surface area contributed by atoms with E-state index in [0.29, 0.717) is 16.5 Å². The number of para-hydroxylation sites is 1. The Morgan fingerprint density at radius 2 is 1.68 bits per heavy atom. The molecule has 0 spiro atoms. The number of carbonyl (C=O) groups is 2. The number of hydrogen-bond acceptors (Lipinski definition) is 3. The Kier molecular flexibility index (Phi) is 6.75. The molecule has 0 saturated carbocycles. The van der Waals surface area contributed by atoms with Crippen molar-refractivity contribution in [1.29, 1.82) is 0 Å². The van der Waals surface area contributed by atoms with Crippen molar-refractivity contribution in [3.05, 3.63) is 99.9 Å². The molecule has 3 aromatic carbocycles. The first-order valence-electron chi connectivity index (χ1n) is 9.97. The number of amides is 2. The number of nitrogens with zero attached hydrogens (tertiary/aromatic N) is 1. The zero-order chi connectivity index (χ0) is 21.6. The summed E-state index contributed by atoms with van der Waals surface area (Å²) >= 11 is 7.38. The first-order chi connectivity index (χ1) is 15.1. The van der Waals surface area contributed by atoms with E-state index in [1.54, 1.807) is 17.0 Å². The highest BCUT2D eigenvalue weighted by molar-refractivity contribution is 8.04. The van der Waals surface area contributed by atoms with E-state index in [9.17, 15) is 9.59 Å². The molecule has 0 fully saturated rings. The summed E-state index contributed by atoms with van der Waals surface area (Å²) in [5.41, 5.74) is 2.79. The number of halogens is 1. The van der Waals surface area contributed by atoms with Crippen LogP contribution in [0.1, 0.15) is 11.1 Å². The van der Waals surface area contributed by atoms with Crippen molar-refractivity contribution in [2.75, 3.05) is 18.0 Å². The second kappa shape index (κ2) is 9.86. The summed E-state index contributed by atoms with van der Waals surface area (Å²) in [6.45, 7) is 0.498. The molecule has 4 nitrogen and oxygen atoms in total. The Morgan fingerprint density at radius 3 is 2.45 bits per heavy atom. The Morgan fingerprint density at radius 1 is 0.968 bits per heavy atom. The number of anilines is 1. The van der Waals surface area contributed by atoms with Gasteiger partial charge in [0, 0.05) is 16.5 Å². The predicted octanol–water partition coefficient (Wildman–Crippen LogP) is 5.18. The first-order valence-corrected chi connectivity index (χ1v) is 11.2. The van der Waals surface area contributed by atoms with E-state index >= 15 is 0 Å². The highest BCUT2D eigenvalue weighted by atomic mass is 35.5. The van der Waals surface area contributed by atoms with Crippen molar-refractivity contribution < 1.29 is 9.59 Å². The Hall–Kier alpha value is -3.02. The van der Waals surface area contributed by atoms with Gasteiger partial charge in [-0.1, -0.05) is 78.0 Å². The average Bonchev–Trinajstić information content (AvgIpc) is 2.79. The molecule has 0 radical (unpaired) electrons. The van der Waals surface area contributed by atoms with Crippen molar-refractivity contribution in [1.82, 2.24) is 5.32 Å². The summed E-state index contributed by atoms with van der Waals surface area (Å²) < 4.78 is 0. The van der Waals surface area contributed by atoms with Crippen molar-refractivity contribution in [3.63, 3.8) is 0 Å². The molecule has 1 heterocycles. The third kappa shape index (κ3) is 5.37. The monoisotopic (exact) mass is 448 g/mol. The minimum absolute atomic E-state index is 0.0246. The summed E-state index contributed by atoms with van der Waals surface area (Å²) in [6, 6.07) is 24.9. The van der Waals surface area contributed by atoms with Gasteiger partial charge in [0.05, 0.1) is 10.6 Å². The molecule has 0 saturated heterocycles. The Balaban J connectivity index is 1.49. The predicted molar refractivity (Wildman–Crippen MR) is 127 cm³/mol. The van der Waals surface area contributed by atoms with Crippen molar-refractivity contribution in [2.45, 2.75) is 11.3 Å². The largest absolute Gasteiger partial charge is 0.354 e. The summed E-state index contributed by atoms with van der Waals surface area (Å²) in [4.78, 5) is 28.9. The van der Waals surface area contributed by atoms with Crippen LogP contribution in [0.5, 0.6) is 0 Å². The van der Waals surface area contributed by atoms with Gasteiger partial charge in [0.25, 0.3) is 5.91 Å². The number of benzene rings is 3. The van der Waals surface area contributed by atoms with Gasteiger partial charge in [0.15, 0.2) is 0 Å². The number of rotatable bonds is 6. The van der Waals surface area contributed by atoms with Crippen LogP contribution >= 0.6 is 23.4 Å². The number of fused-ring (bicyclic) bond motifs is 1. The molecule has 0 bridgehead atoms. The molecule has 156 valence electrons. The maximum atomic E-state index is 13.2. The fourth-order valence-electron chi connectivity index (χ4n) is 3.32. The quantitative estimate of drug-likeness (QED) is 0.528. The zero-order valence-electron chi connectivity index (χ0n) is 16.8. The van der Waals surface area contributed by atoms with Gasteiger partial charge >= 0.3 is 0 Å². The summed E-state index contributed by atoms with van der Waals surface area (Å²) in [7, 11) is 0. The lowest BCUT2D eigenvalue weighted by atomic mass is 10.1. The van der Waals surface area contributed by atoms with Gasteiger partial charge in [-0.3, -0.25) is 14.5 Å². The standard InChI is InChI=1S/C25H21ClN2O2S/c26-20-12-10-19(11-13-20)16-23-25(30)28(21-8-4-5-9-22(21)31-23)17-24(29)27-15-14-18-6-2-1-3-7-18/h1-13,16H,14-15,17H2,(H,27,29)/b23-16-. The fraction of sp³-hybridized carbons (Fsp3) is 0.120. The third-order valence-corrected chi connectivity index (χ3v) is 6.21. The van der Waals surface area contributed by atoms with Gasteiger partial charge in [-0.15, -0.1) is 0 Å².